The van der Waals surface area contributed by atoms with Crippen LogP contribution in [0.15, 0.2) is 6.20 Å². The average molecular weight is 253 g/mol. The first-order valence-corrected chi connectivity index (χ1v) is 5.95. The van der Waals surface area contributed by atoms with Crippen LogP contribution < -0.4 is 0 Å². The molecule has 0 aromatic carbocycles. The molecule has 0 aliphatic carbocycles. The monoisotopic (exact) mass is 253 g/mol. The van der Waals surface area contributed by atoms with E-state index in [0.29, 0.717) is 0 Å². The van der Waals surface area contributed by atoms with Crippen molar-refractivity contribution in [3.63, 3.8) is 0 Å². The molecule has 18 heavy (non-hydrogen) atoms. The molecule has 1 aromatic rings. The fourth-order valence-corrected chi connectivity index (χ4v) is 2.57. The van der Waals surface area contributed by atoms with E-state index in [4.69, 9.17) is 4.74 Å². The summed E-state index contributed by atoms with van der Waals surface area (Å²) >= 11 is 0. The van der Waals surface area contributed by atoms with Gasteiger partial charge in [-0.15, -0.1) is 5.10 Å². The quantitative estimate of drug-likeness (QED) is 0.749. The Morgan fingerprint density at radius 3 is 2.67 bits per heavy atom. The van der Waals surface area contributed by atoms with Crippen molar-refractivity contribution in [2.24, 2.45) is 0 Å². The van der Waals surface area contributed by atoms with Crippen molar-refractivity contribution < 1.29 is 14.3 Å². The maximum absolute atomic E-state index is 11.4. The summed E-state index contributed by atoms with van der Waals surface area (Å²) in [5.41, 5.74) is -0.325. The van der Waals surface area contributed by atoms with Crippen LogP contribution in [0.3, 0.4) is 0 Å². The number of carbonyl (C=O) groups excluding carboxylic acids is 1. The average Bonchev–Trinajstić information content (AvgIpc) is 2.79. The van der Waals surface area contributed by atoms with Gasteiger partial charge in [0.05, 0.1) is 30.6 Å². The van der Waals surface area contributed by atoms with Gasteiger partial charge in [-0.2, -0.15) is 0 Å². The zero-order chi connectivity index (χ0) is 13.6. The molecule has 0 radical (unpaired) electrons. The molecule has 0 N–H and O–H groups in total. The molecule has 2 rings (SSSR count). The van der Waals surface area contributed by atoms with Crippen molar-refractivity contribution in [2.45, 2.75) is 51.4 Å². The Bertz CT molecular complexity index is 465. The van der Waals surface area contributed by atoms with Crippen LogP contribution >= 0.6 is 0 Å². The number of esters is 1. The van der Waals surface area contributed by atoms with Crippen LogP contribution in [0.2, 0.25) is 0 Å². The number of hydrogen-bond donors (Lipinski definition) is 0. The highest BCUT2D eigenvalue weighted by Crippen LogP contribution is 2.44. The lowest BCUT2D eigenvalue weighted by atomic mass is 9.95. The van der Waals surface area contributed by atoms with E-state index in [2.05, 4.69) is 15.0 Å². The van der Waals surface area contributed by atoms with Crippen molar-refractivity contribution in [1.82, 2.24) is 15.0 Å². The standard InChI is InChI=1S/C12H19N3O3/c1-11(2)6-9(12(3,4)18-11)15-7-8(13-14-15)10(16)17-5/h7,9H,6H2,1-5H3. The topological polar surface area (TPSA) is 66.2 Å². The Hall–Kier alpha value is -1.43. The summed E-state index contributed by atoms with van der Waals surface area (Å²) in [6, 6.07) is 0.0541. The van der Waals surface area contributed by atoms with Crippen LogP contribution in [-0.2, 0) is 9.47 Å². The molecule has 1 aliphatic rings. The summed E-state index contributed by atoms with van der Waals surface area (Å²) in [4.78, 5) is 11.4. The van der Waals surface area contributed by atoms with Crippen molar-refractivity contribution in [3.8, 4) is 0 Å². The predicted octanol–water partition coefficient (Wildman–Crippen LogP) is 1.58. The third-order valence-corrected chi connectivity index (χ3v) is 3.25. The number of hydrogen-bond acceptors (Lipinski definition) is 5. The minimum absolute atomic E-state index is 0.0541. The summed E-state index contributed by atoms with van der Waals surface area (Å²) < 4.78 is 12.3. The van der Waals surface area contributed by atoms with Gasteiger partial charge in [-0.25, -0.2) is 9.48 Å². The number of nitrogens with zero attached hydrogens (tertiary/aromatic N) is 3. The summed E-state index contributed by atoms with van der Waals surface area (Å²) in [5.74, 6) is -0.475. The second-order valence-corrected chi connectivity index (χ2v) is 5.76. The van der Waals surface area contributed by atoms with Crippen LogP contribution in [0.4, 0.5) is 0 Å². The van der Waals surface area contributed by atoms with Crippen LogP contribution in [0.25, 0.3) is 0 Å². The Balaban J connectivity index is 2.27. The molecule has 0 amide bonds. The lowest BCUT2D eigenvalue weighted by molar-refractivity contribution is -0.0738. The van der Waals surface area contributed by atoms with Gasteiger partial charge in [0.25, 0.3) is 0 Å². The van der Waals surface area contributed by atoms with Crippen LogP contribution in [0.5, 0.6) is 0 Å². The highest BCUT2D eigenvalue weighted by atomic mass is 16.5. The molecule has 2 heterocycles. The molecule has 100 valence electrons. The molecule has 0 bridgehead atoms. The lowest BCUT2D eigenvalue weighted by Crippen LogP contribution is -2.31. The first kappa shape index (κ1) is 13.0. The van der Waals surface area contributed by atoms with Crippen LogP contribution in [0, 0.1) is 0 Å². The first-order valence-electron chi connectivity index (χ1n) is 5.95. The number of carbonyl (C=O) groups is 1. The van der Waals surface area contributed by atoms with Gasteiger partial charge in [-0.05, 0) is 27.7 Å². The molecule has 0 spiro atoms. The molecule has 1 aromatic heterocycles. The van der Waals surface area contributed by atoms with Crippen molar-refractivity contribution in [3.05, 3.63) is 11.9 Å². The van der Waals surface area contributed by atoms with E-state index < -0.39 is 5.97 Å². The number of ether oxygens (including phenoxy) is 2. The van der Waals surface area contributed by atoms with Gasteiger partial charge in [0.1, 0.15) is 0 Å². The van der Waals surface area contributed by atoms with Gasteiger partial charge in [-0.1, -0.05) is 5.21 Å². The Morgan fingerprint density at radius 2 is 2.17 bits per heavy atom. The summed E-state index contributed by atoms with van der Waals surface area (Å²) in [6.45, 7) is 8.14. The van der Waals surface area contributed by atoms with Crippen LogP contribution in [-0.4, -0.2) is 39.3 Å². The largest absolute Gasteiger partial charge is 0.464 e. The van der Waals surface area contributed by atoms with E-state index in [1.165, 1.54) is 7.11 Å². The predicted molar refractivity (Wildman–Crippen MR) is 64.3 cm³/mol. The first-order chi connectivity index (χ1) is 8.25. The lowest BCUT2D eigenvalue weighted by Gasteiger charge is -2.26. The molecule has 1 aliphatic heterocycles. The van der Waals surface area contributed by atoms with Gasteiger partial charge < -0.3 is 9.47 Å². The van der Waals surface area contributed by atoms with Crippen LogP contribution in [0.1, 0.15) is 50.6 Å². The summed E-state index contributed by atoms with van der Waals surface area (Å²) in [7, 11) is 1.33. The van der Waals surface area contributed by atoms with Gasteiger partial charge in [0.2, 0.25) is 0 Å². The third kappa shape index (κ3) is 2.25. The van der Waals surface area contributed by atoms with Gasteiger partial charge >= 0.3 is 5.97 Å². The molecule has 1 atom stereocenters. The Labute approximate surface area is 106 Å². The van der Waals surface area contributed by atoms with Crippen molar-refractivity contribution >= 4 is 5.97 Å². The van der Waals surface area contributed by atoms with E-state index in [0.717, 1.165) is 6.42 Å². The minimum atomic E-state index is -0.475. The molecule has 6 heteroatoms. The minimum Gasteiger partial charge on any atom is -0.464 e. The fraction of sp³-hybridized carbons (Fsp3) is 0.750. The van der Waals surface area contributed by atoms with Crippen molar-refractivity contribution in [2.75, 3.05) is 7.11 Å². The van der Waals surface area contributed by atoms with Crippen molar-refractivity contribution in [1.29, 1.82) is 0 Å². The Kier molecular flexibility index (Phi) is 2.93. The highest BCUT2D eigenvalue weighted by molar-refractivity contribution is 5.86. The maximum atomic E-state index is 11.4. The van der Waals surface area contributed by atoms with Gasteiger partial charge in [0, 0.05) is 6.42 Å². The molecule has 1 saturated heterocycles. The normalized spacial score (nSPS) is 25.1. The molecule has 0 saturated carbocycles. The smallest absolute Gasteiger partial charge is 0.360 e. The fourth-order valence-electron chi connectivity index (χ4n) is 2.57. The molecule has 1 unspecified atom stereocenters. The zero-order valence-electron chi connectivity index (χ0n) is 11.4. The SMILES string of the molecule is COC(=O)c1cn(C2CC(C)(C)OC2(C)C)nn1. The molecular formula is C12H19N3O3. The molecule has 6 nitrogen and oxygen atoms in total. The zero-order valence-corrected chi connectivity index (χ0v) is 11.4. The highest BCUT2D eigenvalue weighted by Gasteiger charge is 2.47. The summed E-state index contributed by atoms with van der Waals surface area (Å²) in [6.07, 6.45) is 2.44. The van der Waals surface area contributed by atoms with E-state index >= 15 is 0 Å². The second kappa shape index (κ2) is 4.05. The van der Waals surface area contributed by atoms with E-state index in [1.807, 2.05) is 27.7 Å². The van der Waals surface area contributed by atoms with E-state index in [-0.39, 0.29) is 22.9 Å². The number of rotatable bonds is 2. The van der Waals surface area contributed by atoms with E-state index in [1.54, 1.807) is 10.9 Å². The molecule has 1 fully saturated rings. The number of methoxy groups -OCH3 is 1. The third-order valence-electron chi connectivity index (χ3n) is 3.25. The van der Waals surface area contributed by atoms with E-state index in [9.17, 15) is 4.79 Å². The van der Waals surface area contributed by atoms with Gasteiger partial charge in [0.15, 0.2) is 5.69 Å². The summed E-state index contributed by atoms with van der Waals surface area (Å²) in [5, 5.41) is 7.84. The maximum Gasteiger partial charge on any atom is 0.360 e. The van der Waals surface area contributed by atoms with Gasteiger partial charge in [-0.3, -0.25) is 0 Å². The second-order valence-electron chi connectivity index (χ2n) is 5.76. The molecular weight excluding hydrogens is 234 g/mol. The number of aromatic nitrogens is 3. The Morgan fingerprint density at radius 1 is 1.50 bits per heavy atom.